The molecule has 1 atom stereocenters. The second kappa shape index (κ2) is 7.68. The molecule has 1 aliphatic heterocycles. The second-order valence-corrected chi connectivity index (χ2v) is 7.69. The Morgan fingerprint density at radius 1 is 1.18 bits per heavy atom. The van der Waals surface area contributed by atoms with Gasteiger partial charge in [-0.2, -0.15) is 0 Å². The van der Waals surface area contributed by atoms with Gasteiger partial charge in [0.15, 0.2) is 0 Å². The maximum atomic E-state index is 13.2. The molecule has 1 N–H and O–H groups in total. The van der Waals surface area contributed by atoms with Crippen molar-refractivity contribution in [3.8, 4) is 0 Å². The molecule has 5 heteroatoms. The number of carbonyl (C=O) groups is 1. The van der Waals surface area contributed by atoms with Crippen molar-refractivity contribution in [2.24, 2.45) is 5.92 Å². The van der Waals surface area contributed by atoms with Gasteiger partial charge in [0.05, 0.1) is 17.2 Å². The number of aromatic nitrogens is 2. The number of rotatable bonds is 3. The number of hydrogen-bond acceptors (Lipinski definition) is 4. The Morgan fingerprint density at radius 3 is 2.68 bits per heavy atom. The van der Waals surface area contributed by atoms with Crippen molar-refractivity contribution in [1.29, 1.82) is 0 Å². The quantitative estimate of drug-likeness (QED) is 0.755. The van der Waals surface area contributed by atoms with Crippen LogP contribution in [0.1, 0.15) is 46.1 Å². The summed E-state index contributed by atoms with van der Waals surface area (Å²) in [6.07, 6.45) is 4.46. The number of hydrogen-bond donors (Lipinski definition) is 1. The highest BCUT2D eigenvalue weighted by Crippen LogP contribution is 2.31. The summed E-state index contributed by atoms with van der Waals surface area (Å²) in [5.41, 5.74) is 4.41. The number of fused-ring (bicyclic) bond motifs is 1. The minimum atomic E-state index is -0.530. The third-order valence-electron chi connectivity index (χ3n) is 5.62. The fourth-order valence-corrected chi connectivity index (χ4v) is 4.06. The van der Waals surface area contributed by atoms with Gasteiger partial charge in [0.2, 0.25) is 0 Å². The van der Waals surface area contributed by atoms with E-state index < -0.39 is 6.10 Å². The third kappa shape index (κ3) is 3.62. The predicted molar refractivity (Wildman–Crippen MR) is 109 cm³/mol. The number of pyridine rings is 2. The molecule has 0 aliphatic carbocycles. The minimum Gasteiger partial charge on any atom is -0.388 e. The monoisotopic (exact) mass is 375 g/mol. The highest BCUT2D eigenvalue weighted by atomic mass is 16.3. The van der Waals surface area contributed by atoms with Crippen LogP contribution in [0.4, 0.5) is 0 Å². The van der Waals surface area contributed by atoms with Crippen LogP contribution in [-0.2, 0) is 0 Å². The molecule has 1 saturated heterocycles. The van der Waals surface area contributed by atoms with Crippen LogP contribution < -0.4 is 0 Å². The smallest absolute Gasteiger partial charge is 0.254 e. The molecule has 0 saturated carbocycles. The van der Waals surface area contributed by atoms with Crippen LogP contribution in [-0.4, -0.2) is 39.0 Å². The number of amides is 1. The molecule has 0 spiro atoms. The van der Waals surface area contributed by atoms with E-state index in [0.29, 0.717) is 18.7 Å². The Kier molecular flexibility index (Phi) is 5.09. The van der Waals surface area contributed by atoms with E-state index in [2.05, 4.69) is 9.97 Å². The van der Waals surface area contributed by atoms with E-state index in [1.807, 2.05) is 55.1 Å². The molecule has 3 aromatic rings. The molecule has 28 heavy (non-hydrogen) atoms. The molecule has 5 nitrogen and oxygen atoms in total. The van der Waals surface area contributed by atoms with E-state index in [0.717, 1.165) is 40.6 Å². The maximum Gasteiger partial charge on any atom is 0.254 e. The van der Waals surface area contributed by atoms with E-state index in [1.54, 1.807) is 12.4 Å². The van der Waals surface area contributed by atoms with E-state index in [-0.39, 0.29) is 11.8 Å². The van der Waals surface area contributed by atoms with Gasteiger partial charge in [-0.3, -0.25) is 14.8 Å². The fraction of sp³-hybridized carbons (Fsp3) is 0.348. The third-order valence-corrected chi connectivity index (χ3v) is 5.62. The summed E-state index contributed by atoms with van der Waals surface area (Å²) >= 11 is 0. The number of aryl methyl sites for hydroxylation is 2. The lowest BCUT2D eigenvalue weighted by Gasteiger charge is -2.34. The summed E-state index contributed by atoms with van der Waals surface area (Å²) in [6.45, 7) is 5.25. The molecule has 4 rings (SSSR count). The Morgan fingerprint density at radius 2 is 1.96 bits per heavy atom. The zero-order valence-electron chi connectivity index (χ0n) is 16.3. The van der Waals surface area contributed by atoms with Crippen LogP contribution in [0.2, 0.25) is 0 Å². The Balaban J connectivity index is 1.51. The largest absolute Gasteiger partial charge is 0.388 e. The molecule has 2 aromatic heterocycles. The first-order chi connectivity index (χ1) is 13.5. The van der Waals surface area contributed by atoms with Gasteiger partial charge in [0.1, 0.15) is 0 Å². The van der Waals surface area contributed by atoms with Gasteiger partial charge >= 0.3 is 0 Å². The summed E-state index contributed by atoms with van der Waals surface area (Å²) < 4.78 is 0. The molecule has 0 bridgehead atoms. The van der Waals surface area contributed by atoms with Crippen molar-refractivity contribution in [2.75, 3.05) is 13.1 Å². The average Bonchev–Trinajstić information content (AvgIpc) is 2.72. The van der Waals surface area contributed by atoms with E-state index >= 15 is 0 Å². The Labute approximate surface area is 165 Å². The maximum absolute atomic E-state index is 13.2. The van der Waals surface area contributed by atoms with Crippen LogP contribution in [0, 0.1) is 19.8 Å². The van der Waals surface area contributed by atoms with Gasteiger partial charge in [-0.05, 0) is 61.9 Å². The Bertz CT molecular complexity index is 990. The van der Waals surface area contributed by atoms with Crippen molar-refractivity contribution in [2.45, 2.75) is 32.8 Å². The molecule has 1 aliphatic rings. The number of carbonyl (C=O) groups excluding carboxylic acids is 1. The molecule has 144 valence electrons. The van der Waals surface area contributed by atoms with Gasteiger partial charge in [-0.1, -0.05) is 18.2 Å². The van der Waals surface area contributed by atoms with E-state index in [9.17, 15) is 9.90 Å². The van der Waals surface area contributed by atoms with Crippen molar-refractivity contribution in [3.63, 3.8) is 0 Å². The summed E-state index contributed by atoms with van der Waals surface area (Å²) in [5, 5.41) is 11.5. The van der Waals surface area contributed by atoms with Gasteiger partial charge < -0.3 is 10.0 Å². The number of nitrogens with zero attached hydrogens (tertiary/aromatic N) is 3. The first-order valence-electron chi connectivity index (χ1n) is 9.78. The van der Waals surface area contributed by atoms with Crippen molar-refractivity contribution in [3.05, 3.63) is 71.2 Å². The van der Waals surface area contributed by atoms with Gasteiger partial charge in [-0.25, -0.2) is 0 Å². The van der Waals surface area contributed by atoms with Gasteiger partial charge in [-0.15, -0.1) is 0 Å². The molecule has 1 aromatic carbocycles. The summed E-state index contributed by atoms with van der Waals surface area (Å²) in [6, 6.07) is 11.7. The van der Waals surface area contributed by atoms with Crippen molar-refractivity contribution in [1.82, 2.24) is 14.9 Å². The second-order valence-electron chi connectivity index (χ2n) is 7.69. The highest BCUT2D eigenvalue weighted by molar-refractivity contribution is 6.06. The molecule has 0 radical (unpaired) electrons. The predicted octanol–water partition coefficient (Wildman–Crippen LogP) is 3.83. The zero-order valence-corrected chi connectivity index (χ0v) is 16.3. The molecule has 1 unspecified atom stereocenters. The molecule has 1 fully saturated rings. The highest BCUT2D eigenvalue weighted by Gasteiger charge is 2.29. The average molecular weight is 375 g/mol. The molecular weight excluding hydrogens is 350 g/mol. The van der Waals surface area contributed by atoms with Crippen LogP contribution in [0.15, 0.2) is 48.8 Å². The zero-order chi connectivity index (χ0) is 19.7. The first kappa shape index (κ1) is 18.6. The standard InChI is InChI=1S/C23H25N3O2/c1-15-5-6-19-20(13-16(2)25-21(19)12-15)23(28)26-10-7-17(8-11-26)22(27)18-4-3-9-24-14-18/h3-6,9,12-14,17,22,27H,7-8,10-11H2,1-2H3. The first-order valence-corrected chi connectivity index (χ1v) is 9.78. The van der Waals surface area contributed by atoms with E-state index in [1.165, 1.54) is 0 Å². The Hall–Kier alpha value is -2.79. The summed E-state index contributed by atoms with van der Waals surface area (Å²) in [5.74, 6) is 0.195. The number of likely N-dealkylation sites (tertiary alicyclic amines) is 1. The van der Waals surface area contributed by atoms with Crippen molar-refractivity contribution < 1.29 is 9.90 Å². The molecular formula is C23H25N3O2. The lowest BCUT2D eigenvalue weighted by atomic mass is 9.87. The molecule has 1 amide bonds. The van der Waals surface area contributed by atoms with Gasteiger partial charge in [0, 0.05) is 36.6 Å². The van der Waals surface area contributed by atoms with Crippen LogP contribution in [0.3, 0.4) is 0 Å². The summed E-state index contributed by atoms with van der Waals surface area (Å²) in [4.78, 5) is 23.8. The number of aliphatic hydroxyl groups is 1. The topological polar surface area (TPSA) is 66.3 Å². The van der Waals surface area contributed by atoms with Crippen LogP contribution >= 0.6 is 0 Å². The van der Waals surface area contributed by atoms with Crippen LogP contribution in [0.5, 0.6) is 0 Å². The van der Waals surface area contributed by atoms with Gasteiger partial charge in [0.25, 0.3) is 5.91 Å². The lowest BCUT2D eigenvalue weighted by Crippen LogP contribution is -2.40. The number of benzene rings is 1. The van der Waals surface area contributed by atoms with E-state index in [4.69, 9.17) is 0 Å². The number of aliphatic hydroxyl groups excluding tert-OH is 1. The fourth-order valence-electron chi connectivity index (χ4n) is 4.06. The summed E-state index contributed by atoms with van der Waals surface area (Å²) in [7, 11) is 0. The molecule has 3 heterocycles. The normalized spacial score (nSPS) is 16.3. The van der Waals surface area contributed by atoms with Crippen molar-refractivity contribution >= 4 is 16.8 Å². The number of piperidine rings is 1. The van der Waals surface area contributed by atoms with Crippen LogP contribution in [0.25, 0.3) is 10.9 Å². The minimum absolute atomic E-state index is 0.0497. The lowest BCUT2D eigenvalue weighted by molar-refractivity contribution is 0.0462. The SMILES string of the molecule is Cc1ccc2c(C(=O)N3CCC(C(O)c4cccnc4)CC3)cc(C)nc2c1.